The molecule has 0 amide bonds. The van der Waals surface area contributed by atoms with Crippen LogP contribution in [0.2, 0.25) is 5.02 Å². The summed E-state index contributed by atoms with van der Waals surface area (Å²) >= 11 is 5.81. The lowest BCUT2D eigenvalue weighted by Gasteiger charge is -2.25. The fourth-order valence-electron chi connectivity index (χ4n) is 1.76. The molecule has 96 valence electrons. The third kappa shape index (κ3) is 2.13. The maximum atomic E-state index is 14.0. The number of nitrogens with one attached hydrogen (secondary N) is 1. The number of benzene rings is 1. The molecule has 0 spiro atoms. The van der Waals surface area contributed by atoms with Crippen molar-refractivity contribution in [2.45, 2.75) is 19.4 Å². The Morgan fingerprint density at radius 3 is 2.78 bits per heavy atom. The molecule has 0 saturated heterocycles. The lowest BCUT2D eigenvalue weighted by Crippen LogP contribution is -2.35. The molecule has 2 aromatic rings. The monoisotopic (exact) mass is 267 g/mol. The zero-order valence-electron chi connectivity index (χ0n) is 10.5. The minimum Gasteiger partial charge on any atom is -0.310 e. The summed E-state index contributed by atoms with van der Waals surface area (Å²) in [4.78, 5) is 4.10. The molecule has 1 aromatic heterocycles. The predicted octanol–water partition coefficient (Wildman–Crippen LogP) is 3.12. The highest BCUT2D eigenvalue weighted by Crippen LogP contribution is 2.26. The molecule has 0 bridgehead atoms. The zero-order chi connectivity index (χ0) is 13.3. The average Bonchev–Trinajstić information content (AvgIpc) is 2.82. The molecule has 0 aliphatic carbocycles. The van der Waals surface area contributed by atoms with Gasteiger partial charge in [-0.25, -0.2) is 9.37 Å². The van der Waals surface area contributed by atoms with Crippen molar-refractivity contribution in [2.75, 3.05) is 7.05 Å². The first-order valence-corrected chi connectivity index (χ1v) is 6.01. The van der Waals surface area contributed by atoms with Crippen LogP contribution < -0.4 is 5.32 Å². The maximum absolute atomic E-state index is 14.0. The number of rotatable bonds is 3. The van der Waals surface area contributed by atoms with E-state index in [1.807, 2.05) is 20.9 Å². The minimum atomic E-state index is -0.440. The molecule has 18 heavy (non-hydrogen) atoms. The van der Waals surface area contributed by atoms with Crippen LogP contribution in [0.15, 0.2) is 30.7 Å². The van der Waals surface area contributed by atoms with Gasteiger partial charge in [-0.05, 0) is 33.0 Å². The van der Waals surface area contributed by atoms with E-state index in [-0.39, 0.29) is 10.6 Å². The molecular formula is C13H15ClFN3. The highest BCUT2D eigenvalue weighted by Gasteiger charge is 2.24. The molecule has 0 radical (unpaired) electrons. The van der Waals surface area contributed by atoms with E-state index in [0.717, 1.165) is 5.69 Å². The molecule has 0 atom stereocenters. The highest BCUT2D eigenvalue weighted by atomic mass is 35.5. The van der Waals surface area contributed by atoms with Crippen LogP contribution in [0.25, 0.3) is 5.69 Å². The van der Waals surface area contributed by atoms with Gasteiger partial charge in [-0.2, -0.15) is 0 Å². The van der Waals surface area contributed by atoms with Gasteiger partial charge in [-0.15, -0.1) is 0 Å². The van der Waals surface area contributed by atoms with Crippen molar-refractivity contribution in [3.63, 3.8) is 0 Å². The summed E-state index contributed by atoms with van der Waals surface area (Å²) in [6, 6.07) is 4.93. The lowest BCUT2D eigenvalue weighted by atomic mass is 10.0. The van der Waals surface area contributed by atoms with Crippen LogP contribution in [-0.4, -0.2) is 16.6 Å². The summed E-state index contributed by atoms with van der Waals surface area (Å²) in [5.41, 5.74) is 0.954. The molecule has 0 aliphatic heterocycles. The summed E-state index contributed by atoms with van der Waals surface area (Å²) < 4.78 is 15.7. The van der Waals surface area contributed by atoms with Crippen molar-refractivity contribution in [1.82, 2.24) is 14.9 Å². The number of aromatic nitrogens is 2. The summed E-state index contributed by atoms with van der Waals surface area (Å²) in [6.07, 6.45) is 3.31. The second-order valence-electron chi connectivity index (χ2n) is 4.60. The quantitative estimate of drug-likeness (QED) is 0.926. The van der Waals surface area contributed by atoms with Crippen LogP contribution in [0.1, 0.15) is 19.5 Å². The molecule has 5 heteroatoms. The maximum Gasteiger partial charge on any atom is 0.165 e. The van der Waals surface area contributed by atoms with Gasteiger partial charge >= 0.3 is 0 Å². The van der Waals surface area contributed by atoms with Crippen molar-refractivity contribution >= 4 is 11.6 Å². The van der Waals surface area contributed by atoms with Crippen LogP contribution in [0.5, 0.6) is 0 Å². The molecular weight excluding hydrogens is 253 g/mol. The van der Waals surface area contributed by atoms with E-state index < -0.39 is 5.82 Å². The molecule has 0 saturated carbocycles. The smallest absolute Gasteiger partial charge is 0.165 e. The largest absolute Gasteiger partial charge is 0.310 e. The van der Waals surface area contributed by atoms with Gasteiger partial charge in [0, 0.05) is 0 Å². The topological polar surface area (TPSA) is 29.9 Å². The predicted molar refractivity (Wildman–Crippen MR) is 70.6 cm³/mol. The highest BCUT2D eigenvalue weighted by molar-refractivity contribution is 6.30. The number of hydrogen-bond acceptors (Lipinski definition) is 2. The van der Waals surface area contributed by atoms with Crippen LogP contribution >= 0.6 is 11.6 Å². The van der Waals surface area contributed by atoms with Gasteiger partial charge in [-0.1, -0.05) is 17.7 Å². The minimum absolute atomic E-state index is 0.106. The van der Waals surface area contributed by atoms with Crippen LogP contribution in [0, 0.1) is 5.82 Å². The number of halogens is 2. The van der Waals surface area contributed by atoms with E-state index in [9.17, 15) is 4.39 Å². The molecule has 2 rings (SSSR count). The second-order valence-corrected chi connectivity index (χ2v) is 5.00. The average molecular weight is 268 g/mol. The standard InChI is InChI=1S/C13H15ClFN3/c1-13(2,16-3)11-7-17-8-18(11)10-6-4-5-9(14)12(10)15/h4-8,16H,1-3H3. The lowest BCUT2D eigenvalue weighted by molar-refractivity contribution is 0.423. The molecule has 0 unspecified atom stereocenters. The van der Waals surface area contributed by atoms with E-state index >= 15 is 0 Å². The Labute approximate surface area is 111 Å². The van der Waals surface area contributed by atoms with E-state index in [1.54, 1.807) is 29.2 Å². The summed E-state index contributed by atoms with van der Waals surface area (Å²) in [5, 5.41) is 3.28. The molecule has 1 heterocycles. The molecule has 3 nitrogen and oxygen atoms in total. The van der Waals surface area contributed by atoms with Gasteiger partial charge in [0.15, 0.2) is 5.82 Å². The summed E-state index contributed by atoms with van der Waals surface area (Å²) in [7, 11) is 1.85. The molecule has 1 aromatic carbocycles. The molecule has 0 fully saturated rings. The SMILES string of the molecule is CNC(C)(C)c1cncn1-c1cccc(Cl)c1F. The van der Waals surface area contributed by atoms with Crippen molar-refractivity contribution in [3.8, 4) is 5.69 Å². The Hall–Kier alpha value is -1.39. The van der Waals surface area contributed by atoms with Gasteiger partial charge in [0.25, 0.3) is 0 Å². The van der Waals surface area contributed by atoms with Gasteiger partial charge in [0.2, 0.25) is 0 Å². The Morgan fingerprint density at radius 1 is 1.39 bits per heavy atom. The van der Waals surface area contributed by atoms with E-state index in [0.29, 0.717) is 5.69 Å². The van der Waals surface area contributed by atoms with E-state index in [4.69, 9.17) is 11.6 Å². The molecule has 0 aliphatic rings. The zero-order valence-corrected chi connectivity index (χ0v) is 11.3. The molecule has 1 N–H and O–H groups in total. The Morgan fingerprint density at radius 2 is 2.11 bits per heavy atom. The van der Waals surface area contributed by atoms with Crippen LogP contribution in [0.4, 0.5) is 4.39 Å². The summed E-state index contributed by atoms with van der Waals surface area (Å²) in [5.74, 6) is -0.440. The normalized spacial score (nSPS) is 11.8. The first kappa shape index (κ1) is 13.1. The van der Waals surface area contributed by atoms with Crippen molar-refractivity contribution < 1.29 is 4.39 Å². The Bertz CT molecular complexity index is 563. The third-order valence-electron chi connectivity index (χ3n) is 3.09. The van der Waals surface area contributed by atoms with E-state index in [1.165, 1.54) is 6.07 Å². The first-order valence-electron chi connectivity index (χ1n) is 5.63. The number of nitrogens with zero attached hydrogens (tertiary/aromatic N) is 2. The van der Waals surface area contributed by atoms with Gasteiger partial charge in [0.05, 0.1) is 34.5 Å². The van der Waals surface area contributed by atoms with Crippen LogP contribution in [-0.2, 0) is 5.54 Å². The van der Waals surface area contributed by atoms with Crippen molar-refractivity contribution in [1.29, 1.82) is 0 Å². The third-order valence-corrected chi connectivity index (χ3v) is 3.39. The second kappa shape index (κ2) is 4.71. The Kier molecular flexibility index (Phi) is 3.41. The van der Waals surface area contributed by atoms with Crippen molar-refractivity contribution in [2.24, 2.45) is 0 Å². The van der Waals surface area contributed by atoms with Crippen molar-refractivity contribution in [3.05, 3.63) is 47.3 Å². The van der Waals surface area contributed by atoms with Crippen LogP contribution in [0.3, 0.4) is 0 Å². The fraction of sp³-hybridized carbons (Fsp3) is 0.308. The van der Waals surface area contributed by atoms with Gasteiger partial charge < -0.3 is 5.32 Å². The fourth-order valence-corrected chi connectivity index (χ4v) is 1.93. The van der Waals surface area contributed by atoms with E-state index in [2.05, 4.69) is 10.3 Å². The van der Waals surface area contributed by atoms with Gasteiger partial charge in [-0.3, -0.25) is 4.57 Å². The number of hydrogen-bond donors (Lipinski definition) is 1. The number of imidazole rings is 1. The van der Waals surface area contributed by atoms with Gasteiger partial charge in [0.1, 0.15) is 0 Å². The summed E-state index contributed by atoms with van der Waals surface area (Å²) in [6.45, 7) is 4.01. The first-order chi connectivity index (χ1) is 8.47. The Balaban J connectivity index is 2.60.